The molecule has 1 aromatic rings. The van der Waals surface area contributed by atoms with Crippen LogP contribution < -0.4 is 10.6 Å². The molecular weight excluding hydrogens is 224 g/mol. The second-order valence-corrected chi connectivity index (χ2v) is 5.84. The summed E-state index contributed by atoms with van der Waals surface area (Å²) in [4.78, 5) is 8.76. The molecule has 100 valence electrons. The summed E-state index contributed by atoms with van der Waals surface area (Å²) >= 11 is 0. The molecule has 0 aromatic carbocycles. The Bertz CT molecular complexity index is 401. The van der Waals surface area contributed by atoms with Gasteiger partial charge in [0.1, 0.15) is 12.1 Å². The average Bonchev–Trinajstić information content (AvgIpc) is 2.36. The minimum absolute atomic E-state index is 0.314. The van der Waals surface area contributed by atoms with Crippen LogP contribution in [0.2, 0.25) is 0 Å². The second kappa shape index (κ2) is 5.65. The lowest BCUT2D eigenvalue weighted by Gasteiger charge is -2.26. The monoisotopic (exact) mass is 248 g/mol. The molecule has 0 atom stereocenters. The fraction of sp³-hybridized carbons (Fsp3) is 0.714. The van der Waals surface area contributed by atoms with Crippen LogP contribution in [0.5, 0.6) is 0 Å². The standard InChI is InChI=1S/C14H24N4/c1-4-6-14(2,3)9-16-13-11-8-15-7-5-12(11)17-10-18-13/h10,15H,4-9H2,1-3H3,(H,16,17,18). The first-order chi connectivity index (χ1) is 8.62. The molecule has 18 heavy (non-hydrogen) atoms. The Balaban J connectivity index is 2.05. The molecule has 2 heterocycles. The van der Waals surface area contributed by atoms with Crippen molar-refractivity contribution in [3.8, 4) is 0 Å². The maximum absolute atomic E-state index is 4.39. The highest BCUT2D eigenvalue weighted by atomic mass is 15.0. The van der Waals surface area contributed by atoms with E-state index in [2.05, 4.69) is 41.4 Å². The zero-order chi connectivity index (χ0) is 13.0. The number of fused-ring (bicyclic) bond motifs is 1. The van der Waals surface area contributed by atoms with E-state index in [1.165, 1.54) is 24.1 Å². The molecule has 4 nitrogen and oxygen atoms in total. The normalized spacial score (nSPS) is 15.3. The van der Waals surface area contributed by atoms with Gasteiger partial charge in [-0.05, 0) is 11.8 Å². The largest absolute Gasteiger partial charge is 0.369 e. The Morgan fingerprint density at radius 2 is 2.22 bits per heavy atom. The molecule has 0 bridgehead atoms. The van der Waals surface area contributed by atoms with E-state index in [4.69, 9.17) is 0 Å². The van der Waals surface area contributed by atoms with Crippen LogP contribution in [0.1, 0.15) is 44.9 Å². The van der Waals surface area contributed by atoms with Crippen molar-refractivity contribution in [1.29, 1.82) is 0 Å². The SMILES string of the molecule is CCCC(C)(C)CNc1ncnc2c1CNCC2. The van der Waals surface area contributed by atoms with Gasteiger partial charge in [0, 0.05) is 31.6 Å². The van der Waals surface area contributed by atoms with Gasteiger partial charge in [0.05, 0.1) is 5.69 Å². The molecule has 2 rings (SSSR count). The van der Waals surface area contributed by atoms with Gasteiger partial charge in [-0.2, -0.15) is 0 Å². The maximum atomic E-state index is 4.39. The quantitative estimate of drug-likeness (QED) is 0.840. The summed E-state index contributed by atoms with van der Waals surface area (Å²) in [6.45, 7) is 9.70. The maximum Gasteiger partial charge on any atom is 0.134 e. The number of nitrogens with zero attached hydrogens (tertiary/aromatic N) is 2. The fourth-order valence-electron chi connectivity index (χ4n) is 2.51. The summed E-state index contributed by atoms with van der Waals surface area (Å²) in [7, 11) is 0. The van der Waals surface area contributed by atoms with E-state index in [-0.39, 0.29) is 0 Å². The van der Waals surface area contributed by atoms with Crippen LogP contribution in [0.3, 0.4) is 0 Å². The molecule has 4 heteroatoms. The van der Waals surface area contributed by atoms with Gasteiger partial charge in [0.2, 0.25) is 0 Å². The molecule has 0 saturated carbocycles. The topological polar surface area (TPSA) is 49.8 Å². The van der Waals surface area contributed by atoms with E-state index in [0.29, 0.717) is 5.41 Å². The molecular formula is C14H24N4. The molecule has 0 saturated heterocycles. The predicted octanol–water partition coefficient (Wildman–Crippen LogP) is 2.36. The Hall–Kier alpha value is -1.16. The third-order valence-corrected chi connectivity index (χ3v) is 3.54. The highest BCUT2D eigenvalue weighted by Gasteiger charge is 2.19. The number of hydrogen-bond acceptors (Lipinski definition) is 4. The highest BCUT2D eigenvalue weighted by molar-refractivity contribution is 5.46. The first-order valence-electron chi connectivity index (χ1n) is 6.90. The van der Waals surface area contributed by atoms with E-state index in [1.807, 2.05) is 0 Å². The predicted molar refractivity (Wildman–Crippen MR) is 74.6 cm³/mol. The lowest BCUT2D eigenvalue weighted by atomic mass is 9.88. The lowest BCUT2D eigenvalue weighted by Crippen LogP contribution is -2.28. The Morgan fingerprint density at radius 1 is 1.39 bits per heavy atom. The molecule has 1 aliphatic rings. The molecule has 0 radical (unpaired) electrons. The Kier molecular flexibility index (Phi) is 4.17. The van der Waals surface area contributed by atoms with E-state index in [1.54, 1.807) is 6.33 Å². The number of rotatable bonds is 5. The molecule has 0 aliphatic carbocycles. The van der Waals surface area contributed by atoms with Crippen molar-refractivity contribution < 1.29 is 0 Å². The number of anilines is 1. The van der Waals surface area contributed by atoms with E-state index in [9.17, 15) is 0 Å². The first kappa shape index (κ1) is 13.3. The minimum Gasteiger partial charge on any atom is -0.369 e. The summed E-state index contributed by atoms with van der Waals surface area (Å²) in [5.74, 6) is 1.01. The summed E-state index contributed by atoms with van der Waals surface area (Å²) in [5.41, 5.74) is 2.75. The second-order valence-electron chi connectivity index (χ2n) is 5.84. The summed E-state index contributed by atoms with van der Waals surface area (Å²) in [6, 6.07) is 0. The zero-order valence-electron chi connectivity index (χ0n) is 11.7. The summed E-state index contributed by atoms with van der Waals surface area (Å²) in [6.07, 6.45) is 5.13. The number of hydrogen-bond donors (Lipinski definition) is 2. The third kappa shape index (κ3) is 3.19. The van der Waals surface area contributed by atoms with Crippen LogP contribution >= 0.6 is 0 Å². The van der Waals surface area contributed by atoms with Crippen molar-refractivity contribution in [3.05, 3.63) is 17.6 Å². The van der Waals surface area contributed by atoms with Gasteiger partial charge in [-0.1, -0.05) is 27.2 Å². The van der Waals surface area contributed by atoms with Gasteiger partial charge in [0.25, 0.3) is 0 Å². The van der Waals surface area contributed by atoms with Crippen LogP contribution in [0.4, 0.5) is 5.82 Å². The van der Waals surface area contributed by atoms with Gasteiger partial charge in [-0.15, -0.1) is 0 Å². The van der Waals surface area contributed by atoms with Crippen LogP contribution in [-0.4, -0.2) is 23.1 Å². The van der Waals surface area contributed by atoms with Crippen molar-refractivity contribution in [1.82, 2.24) is 15.3 Å². The van der Waals surface area contributed by atoms with Crippen molar-refractivity contribution in [2.75, 3.05) is 18.4 Å². The zero-order valence-corrected chi connectivity index (χ0v) is 11.7. The molecule has 0 spiro atoms. The van der Waals surface area contributed by atoms with Gasteiger partial charge < -0.3 is 10.6 Å². The molecule has 0 amide bonds. The summed E-state index contributed by atoms with van der Waals surface area (Å²) < 4.78 is 0. The summed E-state index contributed by atoms with van der Waals surface area (Å²) in [5, 5.41) is 6.89. The van der Waals surface area contributed by atoms with Crippen molar-refractivity contribution >= 4 is 5.82 Å². The minimum atomic E-state index is 0.314. The van der Waals surface area contributed by atoms with E-state index < -0.39 is 0 Å². The van der Waals surface area contributed by atoms with Gasteiger partial charge in [-0.25, -0.2) is 9.97 Å². The van der Waals surface area contributed by atoms with Crippen LogP contribution in [0.25, 0.3) is 0 Å². The molecule has 0 fully saturated rings. The van der Waals surface area contributed by atoms with Gasteiger partial charge in [0.15, 0.2) is 0 Å². The third-order valence-electron chi connectivity index (χ3n) is 3.54. The Labute approximate surface area is 110 Å². The van der Waals surface area contributed by atoms with E-state index in [0.717, 1.165) is 31.9 Å². The van der Waals surface area contributed by atoms with Crippen LogP contribution in [0, 0.1) is 5.41 Å². The first-order valence-corrected chi connectivity index (χ1v) is 6.90. The fourth-order valence-corrected chi connectivity index (χ4v) is 2.51. The molecule has 2 N–H and O–H groups in total. The van der Waals surface area contributed by atoms with Gasteiger partial charge in [-0.3, -0.25) is 0 Å². The van der Waals surface area contributed by atoms with Crippen molar-refractivity contribution in [2.45, 2.75) is 46.6 Å². The lowest BCUT2D eigenvalue weighted by molar-refractivity contribution is 0.354. The Morgan fingerprint density at radius 3 is 3.00 bits per heavy atom. The average molecular weight is 248 g/mol. The highest BCUT2D eigenvalue weighted by Crippen LogP contribution is 2.24. The molecule has 1 aliphatic heterocycles. The molecule has 1 aromatic heterocycles. The smallest absolute Gasteiger partial charge is 0.134 e. The van der Waals surface area contributed by atoms with Crippen LogP contribution in [0.15, 0.2) is 6.33 Å². The van der Waals surface area contributed by atoms with E-state index >= 15 is 0 Å². The van der Waals surface area contributed by atoms with Crippen molar-refractivity contribution in [3.63, 3.8) is 0 Å². The molecule has 0 unspecified atom stereocenters. The van der Waals surface area contributed by atoms with Crippen LogP contribution in [-0.2, 0) is 13.0 Å². The van der Waals surface area contributed by atoms with Gasteiger partial charge >= 0.3 is 0 Å². The number of aromatic nitrogens is 2. The van der Waals surface area contributed by atoms with Crippen molar-refractivity contribution in [2.24, 2.45) is 5.41 Å². The number of nitrogens with one attached hydrogen (secondary N) is 2.